The molecule has 1 aliphatic rings. The molecule has 0 saturated carbocycles. The fourth-order valence-electron chi connectivity index (χ4n) is 1.82. The highest BCUT2D eigenvalue weighted by molar-refractivity contribution is 9.09. The molecule has 0 saturated heterocycles. The maximum absolute atomic E-state index is 11.6. The average Bonchev–Trinajstić information content (AvgIpc) is 2.10. The van der Waals surface area contributed by atoms with Gasteiger partial charge in [0.1, 0.15) is 5.78 Å². The van der Waals surface area contributed by atoms with Crippen LogP contribution in [0, 0.1) is 5.92 Å². The van der Waals surface area contributed by atoms with Crippen LogP contribution in [0.4, 0.5) is 0 Å². The molecule has 0 aromatic rings. The van der Waals surface area contributed by atoms with Crippen molar-refractivity contribution in [2.45, 2.75) is 39.5 Å². The van der Waals surface area contributed by atoms with Gasteiger partial charge in [-0.05, 0) is 33.1 Å². The van der Waals surface area contributed by atoms with Crippen molar-refractivity contribution in [2.24, 2.45) is 5.92 Å². The molecule has 0 fully saturated rings. The number of alkyl halides is 1. The summed E-state index contributed by atoms with van der Waals surface area (Å²) in [6, 6.07) is 0. The van der Waals surface area contributed by atoms with Gasteiger partial charge in [0, 0.05) is 17.7 Å². The van der Waals surface area contributed by atoms with Crippen LogP contribution < -0.4 is 0 Å². The molecular weight excluding hydrogens is 228 g/mol. The van der Waals surface area contributed by atoms with Crippen LogP contribution >= 0.6 is 15.9 Å². The highest BCUT2D eigenvalue weighted by Crippen LogP contribution is 2.30. The van der Waals surface area contributed by atoms with Crippen molar-refractivity contribution in [3.8, 4) is 0 Å². The predicted molar refractivity (Wildman–Crippen MR) is 59.1 cm³/mol. The van der Waals surface area contributed by atoms with E-state index in [1.165, 1.54) is 11.1 Å². The Bertz CT molecular complexity index is 230. The predicted octanol–water partition coefficient (Wildman–Crippen LogP) is 3.48. The molecule has 1 rings (SSSR count). The summed E-state index contributed by atoms with van der Waals surface area (Å²) in [7, 11) is 0. The third-order valence-corrected chi connectivity index (χ3v) is 3.34. The molecule has 74 valence electrons. The molecule has 2 heteroatoms. The number of rotatable bonds is 3. The second-order valence-corrected chi connectivity index (χ2v) is 4.70. The molecular formula is C11H17BrO. The molecule has 0 aromatic carbocycles. The van der Waals surface area contributed by atoms with E-state index in [0.717, 1.165) is 24.6 Å². The SMILES string of the molecule is CC1=C(C)C[C@H](C(=O)CCBr)CC1. The highest BCUT2D eigenvalue weighted by Gasteiger charge is 2.22. The van der Waals surface area contributed by atoms with Crippen molar-refractivity contribution in [3.63, 3.8) is 0 Å². The van der Waals surface area contributed by atoms with E-state index in [1.807, 2.05) is 0 Å². The first-order valence-electron chi connectivity index (χ1n) is 4.89. The van der Waals surface area contributed by atoms with Gasteiger partial charge in [0.25, 0.3) is 0 Å². The van der Waals surface area contributed by atoms with Crippen LogP contribution in [0.25, 0.3) is 0 Å². The van der Waals surface area contributed by atoms with Crippen LogP contribution in [0.15, 0.2) is 11.1 Å². The summed E-state index contributed by atoms with van der Waals surface area (Å²) >= 11 is 3.31. The van der Waals surface area contributed by atoms with Crippen LogP contribution in [0.3, 0.4) is 0 Å². The second-order valence-electron chi connectivity index (χ2n) is 3.91. The summed E-state index contributed by atoms with van der Waals surface area (Å²) < 4.78 is 0. The molecule has 0 bridgehead atoms. The molecule has 1 aliphatic carbocycles. The number of Topliss-reactive ketones (excluding diaryl/α,β-unsaturated/α-hetero) is 1. The second kappa shape index (κ2) is 4.94. The number of carbonyl (C=O) groups excluding carboxylic acids is 1. The normalized spacial score (nSPS) is 23.5. The first-order chi connectivity index (χ1) is 6.15. The van der Waals surface area contributed by atoms with Crippen LogP contribution in [0.1, 0.15) is 39.5 Å². The lowest BCUT2D eigenvalue weighted by molar-refractivity contribution is -0.122. The number of carbonyl (C=O) groups is 1. The summed E-state index contributed by atoms with van der Waals surface area (Å²) in [5, 5.41) is 0.810. The standard InChI is InChI=1S/C11H17BrO/c1-8-3-4-10(7-9(8)2)11(13)5-6-12/h10H,3-7H2,1-2H3/t10-/m1/s1. The van der Waals surface area contributed by atoms with Crippen LogP contribution in [-0.2, 0) is 4.79 Å². The van der Waals surface area contributed by atoms with Gasteiger partial charge in [0.15, 0.2) is 0 Å². The van der Waals surface area contributed by atoms with Crippen molar-refractivity contribution < 1.29 is 4.79 Å². The molecule has 1 atom stereocenters. The number of halogens is 1. The minimum atomic E-state index is 0.307. The van der Waals surface area contributed by atoms with Gasteiger partial charge in [-0.3, -0.25) is 4.79 Å². The van der Waals surface area contributed by atoms with Crippen molar-refractivity contribution in [2.75, 3.05) is 5.33 Å². The van der Waals surface area contributed by atoms with Gasteiger partial charge in [0.2, 0.25) is 0 Å². The maximum Gasteiger partial charge on any atom is 0.137 e. The Balaban J connectivity index is 2.53. The fourth-order valence-corrected chi connectivity index (χ4v) is 2.21. The van der Waals surface area contributed by atoms with E-state index in [0.29, 0.717) is 18.1 Å². The summed E-state index contributed by atoms with van der Waals surface area (Å²) in [6.45, 7) is 4.34. The zero-order valence-electron chi connectivity index (χ0n) is 8.40. The Labute approximate surface area is 88.7 Å². The maximum atomic E-state index is 11.6. The largest absolute Gasteiger partial charge is 0.299 e. The Hall–Kier alpha value is -0.110. The first kappa shape index (κ1) is 11.0. The van der Waals surface area contributed by atoms with Crippen LogP contribution in [-0.4, -0.2) is 11.1 Å². The third kappa shape index (κ3) is 2.94. The van der Waals surface area contributed by atoms with E-state index in [2.05, 4.69) is 29.8 Å². The molecule has 13 heavy (non-hydrogen) atoms. The van der Waals surface area contributed by atoms with Crippen molar-refractivity contribution >= 4 is 21.7 Å². The summed E-state index contributed by atoms with van der Waals surface area (Å²) in [4.78, 5) is 11.6. The van der Waals surface area contributed by atoms with Gasteiger partial charge < -0.3 is 0 Å². The van der Waals surface area contributed by atoms with E-state index in [9.17, 15) is 4.79 Å². The lowest BCUT2D eigenvalue weighted by atomic mass is 9.82. The number of allylic oxidation sites excluding steroid dienone is 2. The topological polar surface area (TPSA) is 17.1 Å². The minimum Gasteiger partial charge on any atom is -0.299 e. The molecule has 0 aromatic heterocycles. The molecule has 0 aliphatic heterocycles. The fraction of sp³-hybridized carbons (Fsp3) is 0.727. The molecule has 0 amide bonds. The minimum absolute atomic E-state index is 0.307. The van der Waals surface area contributed by atoms with Gasteiger partial charge >= 0.3 is 0 Å². The van der Waals surface area contributed by atoms with Crippen molar-refractivity contribution in [3.05, 3.63) is 11.1 Å². The van der Waals surface area contributed by atoms with Crippen LogP contribution in [0.2, 0.25) is 0 Å². The molecule has 0 N–H and O–H groups in total. The Morgan fingerprint density at radius 2 is 2.15 bits per heavy atom. The monoisotopic (exact) mass is 244 g/mol. The molecule has 1 nitrogen and oxygen atoms in total. The number of hydrogen-bond acceptors (Lipinski definition) is 1. The number of hydrogen-bond donors (Lipinski definition) is 0. The van der Waals surface area contributed by atoms with E-state index in [1.54, 1.807) is 0 Å². The van der Waals surface area contributed by atoms with Gasteiger partial charge in [-0.1, -0.05) is 27.1 Å². The smallest absolute Gasteiger partial charge is 0.137 e. The van der Waals surface area contributed by atoms with E-state index in [4.69, 9.17) is 0 Å². The van der Waals surface area contributed by atoms with Gasteiger partial charge in [-0.2, -0.15) is 0 Å². The van der Waals surface area contributed by atoms with Gasteiger partial charge in [-0.15, -0.1) is 0 Å². The Kier molecular flexibility index (Phi) is 4.17. The van der Waals surface area contributed by atoms with Crippen molar-refractivity contribution in [1.82, 2.24) is 0 Å². The lowest BCUT2D eigenvalue weighted by Crippen LogP contribution is -2.18. The van der Waals surface area contributed by atoms with Crippen LogP contribution in [0.5, 0.6) is 0 Å². The molecule has 0 radical (unpaired) electrons. The summed E-state index contributed by atoms with van der Waals surface area (Å²) in [5.74, 6) is 0.741. The van der Waals surface area contributed by atoms with E-state index >= 15 is 0 Å². The summed E-state index contributed by atoms with van der Waals surface area (Å²) in [5.41, 5.74) is 2.92. The number of ketones is 1. The average molecular weight is 245 g/mol. The summed E-state index contributed by atoms with van der Waals surface area (Å²) in [6.07, 6.45) is 3.87. The Morgan fingerprint density at radius 1 is 1.46 bits per heavy atom. The zero-order valence-corrected chi connectivity index (χ0v) is 9.99. The van der Waals surface area contributed by atoms with Crippen molar-refractivity contribution in [1.29, 1.82) is 0 Å². The van der Waals surface area contributed by atoms with E-state index < -0.39 is 0 Å². The third-order valence-electron chi connectivity index (χ3n) is 2.95. The van der Waals surface area contributed by atoms with Gasteiger partial charge in [0.05, 0.1) is 0 Å². The lowest BCUT2D eigenvalue weighted by Gasteiger charge is -2.22. The highest BCUT2D eigenvalue weighted by atomic mass is 79.9. The first-order valence-corrected chi connectivity index (χ1v) is 6.01. The molecule has 0 spiro atoms. The van der Waals surface area contributed by atoms with Gasteiger partial charge in [-0.25, -0.2) is 0 Å². The zero-order chi connectivity index (χ0) is 9.84. The molecule has 0 heterocycles. The van der Waals surface area contributed by atoms with E-state index in [-0.39, 0.29) is 0 Å². The Morgan fingerprint density at radius 3 is 2.69 bits per heavy atom. The quantitative estimate of drug-likeness (QED) is 0.549. The molecule has 0 unspecified atom stereocenters.